The monoisotopic (exact) mass is 378 g/mol. The second-order valence-electron chi connectivity index (χ2n) is 6.53. The topological polar surface area (TPSA) is 61.8 Å². The van der Waals surface area contributed by atoms with E-state index in [4.69, 9.17) is 16.3 Å². The first-order chi connectivity index (χ1) is 12.4. The molecule has 0 aliphatic carbocycles. The van der Waals surface area contributed by atoms with Crippen molar-refractivity contribution in [2.45, 2.75) is 6.42 Å². The summed E-state index contributed by atoms with van der Waals surface area (Å²) in [5.41, 5.74) is 1.27. The molecule has 1 aliphatic rings. The Kier molecular flexibility index (Phi) is 5.64. The van der Waals surface area contributed by atoms with Crippen LogP contribution >= 0.6 is 11.6 Å². The number of anilines is 1. The van der Waals surface area contributed by atoms with Crippen LogP contribution in [0, 0.1) is 11.7 Å². The van der Waals surface area contributed by atoms with Crippen LogP contribution in [0.3, 0.4) is 0 Å². The van der Waals surface area contributed by atoms with Crippen LogP contribution in [0.25, 0.3) is 11.1 Å². The molecule has 3 rings (SSSR count). The third-order valence-electron chi connectivity index (χ3n) is 4.35. The summed E-state index contributed by atoms with van der Waals surface area (Å²) < 4.78 is 19.0. The van der Waals surface area contributed by atoms with Crippen molar-refractivity contribution in [1.82, 2.24) is 4.90 Å². The SMILES string of the molecule is CN1CC[C@@H](COC(=O)Nc2ccc(F)cc2-c2cc(O)cc(Cl)c2)C1. The van der Waals surface area contributed by atoms with Gasteiger partial charge < -0.3 is 14.7 Å². The molecule has 0 aromatic heterocycles. The molecule has 2 aromatic carbocycles. The van der Waals surface area contributed by atoms with E-state index in [1.54, 1.807) is 6.07 Å². The summed E-state index contributed by atoms with van der Waals surface area (Å²) >= 11 is 5.96. The Morgan fingerprint density at radius 3 is 2.88 bits per heavy atom. The number of carbonyl (C=O) groups excluding carboxylic acids is 1. The van der Waals surface area contributed by atoms with E-state index < -0.39 is 11.9 Å². The summed E-state index contributed by atoms with van der Waals surface area (Å²) in [4.78, 5) is 14.3. The van der Waals surface area contributed by atoms with Gasteiger partial charge in [0.15, 0.2) is 0 Å². The number of halogens is 2. The van der Waals surface area contributed by atoms with Crippen molar-refractivity contribution in [1.29, 1.82) is 0 Å². The Morgan fingerprint density at radius 1 is 1.38 bits per heavy atom. The minimum atomic E-state index is -0.598. The summed E-state index contributed by atoms with van der Waals surface area (Å²) in [6, 6.07) is 8.38. The van der Waals surface area contributed by atoms with E-state index in [0.717, 1.165) is 19.5 Å². The zero-order valence-electron chi connectivity index (χ0n) is 14.3. The summed E-state index contributed by atoms with van der Waals surface area (Å²) in [5, 5.41) is 12.7. The molecule has 1 aliphatic heterocycles. The van der Waals surface area contributed by atoms with Gasteiger partial charge in [-0.05, 0) is 62.0 Å². The summed E-state index contributed by atoms with van der Waals surface area (Å²) in [6.45, 7) is 2.23. The number of likely N-dealkylation sites (tertiary alicyclic amines) is 1. The fraction of sp³-hybridized carbons (Fsp3) is 0.316. The van der Waals surface area contributed by atoms with Crippen LogP contribution in [0.2, 0.25) is 5.02 Å². The van der Waals surface area contributed by atoms with Crippen molar-refractivity contribution < 1.29 is 19.0 Å². The van der Waals surface area contributed by atoms with Crippen LogP contribution in [0.4, 0.5) is 14.9 Å². The van der Waals surface area contributed by atoms with Crippen LogP contribution < -0.4 is 5.32 Å². The number of phenolic OH excluding ortho intramolecular Hbond substituents is 1. The Labute approximate surface area is 156 Å². The van der Waals surface area contributed by atoms with E-state index in [1.165, 1.54) is 30.3 Å². The first-order valence-corrected chi connectivity index (χ1v) is 8.70. The molecule has 0 bridgehead atoms. The molecule has 1 amide bonds. The molecule has 0 spiro atoms. The third kappa shape index (κ3) is 4.65. The van der Waals surface area contributed by atoms with Crippen molar-refractivity contribution in [3.05, 3.63) is 47.2 Å². The Morgan fingerprint density at radius 2 is 2.19 bits per heavy atom. The molecule has 2 N–H and O–H groups in total. The van der Waals surface area contributed by atoms with Crippen LogP contribution in [0.5, 0.6) is 5.75 Å². The predicted molar refractivity (Wildman–Crippen MR) is 99.1 cm³/mol. The highest BCUT2D eigenvalue weighted by atomic mass is 35.5. The number of aromatic hydroxyl groups is 1. The second kappa shape index (κ2) is 7.93. The molecule has 1 saturated heterocycles. The average Bonchev–Trinajstić information content (AvgIpc) is 2.99. The molecule has 5 nitrogen and oxygen atoms in total. The lowest BCUT2D eigenvalue weighted by Gasteiger charge is -2.14. The standard InChI is InChI=1S/C19H20ClFN2O3/c1-23-5-4-12(10-23)11-26-19(25)22-18-3-2-15(21)9-17(18)13-6-14(20)8-16(24)7-13/h2-3,6-9,12,24H,4-5,10-11H2,1H3,(H,22,25)/t12-/m1/s1. The molecule has 0 saturated carbocycles. The highest BCUT2D eigenvalue weighted by Crippen LogP contribution is 2.33. The van der Waals surface area contributed by atoms with E-state index in [-0.39, 0.29) is 5.75 Å². The fourth-order valence-electron chi connectivity index (χ4n) is 3.10. The van der Waals surface area contributed by atoms with Crippen molar-refractivity contribution in [2.75, 3.05) is 32.1 Å². The number of amides is 1. The minimum Gasteiger partial charge on any atom is -0.508 e. The maximum atomic E-state index is 13.7. The lowest BCUT2D eigenvalue weighted by molar-refractivity contribution is 0.142. The number of benzene rings is 2. The molecule has 1 atom stereocenters. The molecule has 138 valence electrons. The molecular formula is C19H20ClFN2O3. The maximum absolute atomic E-state index is 13.7. The number of nitrogens with zero attached hydrogens (tertiary/aromatic N) is 1. The molecule has 1 fully saturated rings. The summed E-state index contributed by atoms with van der Waals surface area (Å²) in [5.74, 6) is -0.189. The van der Waals surface area contributed by atoms with Crippen molar-refractivity contribution in [3.63, 3.8) is 0 Å². The number of phenols is 1. The highest BCUT2D eigenvalue weighted by Gasteiger charge is 2.21. The first kappa shape index (κ1) is 18.5. The normalized spacial score (nSPS) is 17.3. The smallest absolute Gasteiger partial charge is 0.411 e. The predicted octanol–water partition coefficient (Wildman–Crippen LogP) is 4.35. The van der Waals surface area contributed by atoms with Gasteiger partial charge >= 0.3 is 6.09 Å². The molecule has 7 heteroatoms. The van der Waals surface area contributed by atoms with Crippen LogP contribution in [0.1, 0.15) is 6.42 Å². The van der Waals surface area contributed by atoms with Gasteiger partial charge in [-0.25, -0.2) is 9.18 Å². The van der Waals surface area contributed by atoms with Crippen molar-refractivity contribution >= 4 is 23.4 Å². The number of ether oxygens (including phenoxy) is 1. The van der Waals surface area contributed by atoms with E-state index in [2.05, 4.69) is 10.2 Å². The number of hydrogen-bond acceptors (Lipinski definition) is 4. The number of hydrogen-bond donors (Lipinski definition) is 2. The Balaban J connectivity index is 1.74. The maximum Gasteiger partial charge on any atom is 0.411 e. The third-order valence-corrected chi connectivity index (χ3v) is 4.57. The number of carbonyl (C=O) groups is 1. The van der Waals surface area contributed by atoms with Gasteiger partial charge in [-0.2, -0.15) is 0 Å². The molecule has 2 aromatic rings. The average molecular weight is 379 g/mol. The molecular weight excluding hydrogens is 359 g/mol. The van der Waals surface area contributed by atoms with Gasteiger partial charge in [0.1, 0.15) is 11.6 Å². The Hall–Kier alpha value is -2.31. The molecule has 0 unspecified atom stereocenters. The summed E-state index contributed by atoms with van der Waals surface area (Å²) in [7, 11) is 2.03. The van der Waals surface area contributed by atoms with E-state index in [1.807, 2.05) is 7.05 Å². The Bertz CT molecular complexity index is 795. The molecule has 1 heterocycles. The second-order valence-corrected chi connectivity index (χ2v) is 6.96. The first-order valence-electron chi connectivity index (χ1n) is 8.32. The van der Waals surface area contributed by atoms with Gasteiger partial charge in [0.25, 0.3) is 0 Å². The largest absolute Gasteiger partial charge is 0.508 e. The fourth-order valence-corrected chi connectivity index (χ4v) is 3.33. The van der Waals surface area contributed by atoms with E-state index in [0.29, 0.717) is 34.4 Å². The van der Waals surface area contributed by atoms with Crippen molar-refractivity contribution in [2.24, 2.45) is 5.92 Å². The summed E-state index contributed by atoms with van der Waals surface area (Å²) in [6.07, 6.45) is 0.395. The van der Waals surface area contributed by atoms with Crippen molar-refractivity contribution in [3.8, 4) is 16.9 Å². The number of nitrogens with one attached hydrogen (secondary N) is 1. The number of rotatable bonds is 4. The quantitative estimate of drug-likeness (QED) is 0.830. The van der Waals surface area contributed by atoms with Gasteiger partial charge in [0.2, 0.25) is 0 Å². The van der Waals surface area contributed by atoms with Gasteiger partial charge in [0.05, 0.1) is 12.3 Å². The highest BCUT2D eigenvalue weighted by molar-refractivity contribution is 6.31. The van der Waals surface area contributed by atoms with E-state index in [9.17, 15) is 14.3 Å². The van der Waals surface area contributed by atoms with Gasteiger partial charge in [-0.3, -0.25) is 5.32 Å². The zero-order valence-corrected chi connectivity index (χ0v) is 15.1. The molecule has 26 heavy (non-hydrogen) atoms. The van der Waals surface area contributed by atoms with Crippen LogP contribution in [-0.2, 0) is 4.74 Å². The minimum absolute atomic E-state index is 0.0457. The van der Waals surface area contributed by atoms with Crippen LogP contribution in [0.15, 0.2) is 36.4 Å². The molecule has 0 radical (unpaired) electrons. The van der Waals surface area contributed by atoms with Crippen LogP contribution in [-0.4, -0.2) is 42.8 Å². The lowest BCUT2D eigenvalue weighted by atomic mass is 10.0. The lowest BCUT2D eigenvalue weighted by Crippen LogP contribution is -2.21. The van der Waals surface area contributed by atoms with Gasteiger partial charge in [0, 0.05) is 23.0 Å². The zero-order chi connectivity index (χ0) is 18.7. The van der Waals surface area contributed by atoms with Gasteiger partial charge in [-0.1, -0.05) is 11.6 Å². The van der Waals surface area contributed by atoms with E-state index >= 15 is 0 Å². The van der Waals surface area contributed by atoms with Gasteiger partial charge in [-0.15, -0.1) is 0 Å².